The normalized spacial score (nSPS) is 4.90. The zero-order chi connectivity index (χ0) is 7.82. The SMILES string of the molecule is O=[N+]([O-])C#CC#CC#CCl. The van der Waals surface area contributed by atoms with Crippen molar-refractivity contribution in [2.45, 2.75) is 0 Å². The monoisotopic (exact) mass is 153 g/mol. The number of rotatable bonds is 0. The second-order valence-corrected chi connectivity index (χ2v) is 1.15. The first-order valence-electron chi connectivity index (χ1n) is 2.03. The van der Waals surface area contributed by atoms with Gasteiger partial charge in [0, 0.05) is 23.1 Å². The Morgan fingerprint density at radius 3 is 2.30 bits per heavy atom. The second kappa shape index (κ2) is 5.51. The summed E-state index contributed by atoms with van der Waals surface area (Å²) in [5.74, 6) is 8.38. The maximum atomic E-state index is 9.53. The fraction of sp³-hybridized carbons (Fsp3) is 0. The van der Waals surface area contributed by atoms with Gasteiger partial charge in [-0.2, -0.15) is 0 Å². The first kappa shape index (κ1) is 8.37. The summed E-state index contributed by atoms with van der Waals surface area (Å²) in [6.07, 6.45) is 0. The van der Waals surface area contributed by atoms with Gasteiger partial charge in [-0.25, -0.2) is 10.1 Å². The minimum atomic E-state index is -0.789. The van der Waals surface area contributed by atoms with Gasteiger partial charge >= 0.3 is 6.04 Å². The number of hydrogen-bond acceptors (Lipinski definition) is 2. The molecule has 10 heavy (non-hydrogen) atoms. The fourth-order valence-corrected chi connectivity index (χ4v) is 0.207. The highest BCUT2D eigenvalue weighted by Crippen LogP contribution is 1.61. The Morgan fingerprint density at radius 1 is 1.20 bits per heavy atom. The van der Waals surface area contributed by atoms with Gasteiger partial charge in [0.05, 0.1) is 5.92 Å². The van der Waals surface area contributed by atoms with Crippen LogP contribution in [0.3, 0.4) is 0 Å². The van der Waals surface area contributed by atoms with Crippen LogP contribution in [0.1, 0.15) is 0 Å². The lowest BCUT2D eigenvalue weighted by molar-refractivity contribution is -0.379. The van der Waals surface area contributed by atoms with Crippen LogP contribution in [-0.4, -0.2) is 4.92 Å². The zero-order valence-corrected chi connectivity index (χ0v) is 5.40. The Balaban J connectivity index is 3.98. The average Bonchev–Trinajstić information content (AvgIpc) is 1.87. The van der Waals surface area contributed by atoms with Crippen molar-refractivity contribution in [3.63, 3.8) is 0 Å². The summed E-state index contributed by atoms with van der Waals surface area (Å²) in [5, 5.41) is 11.5. The molecule has 0 saturated heterocycles. The molecule has 0 heterocycles. The van der Waals surface area contributed by atoms with Gasteiger partial charge in [-0.3, -0.25) is 0 Å². The van der Waals surface area contributed by atoms with Gasteiger partial charge < -0.3 is 0 Å². The summed E-state index contributed by atoms with van der Waals surface area (Å²) in [5.41, 5.74) is 0. The molecule has 0 aromatic carbocycles. The molecule has 3 nitrogen and oxygen atoms in total. The molecule has 0 aliphatic rings. The summed E-state index contributed by atoms with van der Waals surface area (Å²) in [7, 11) is 0. The number of nitrogens with zero attached hydrogens (tertiary/aromatic N) is 1. The topological polar surface area (TPSA) is 43.1 Å². The highest BCUT2D eigenvalue weighted by atomic mass is 35.5. The fourth-order valence-electron chi connectivity index (χ4n) is 0.160. The minimum absolute atomic E-state index is 0.789. The lowest BCUT2D eigenvalue weighted by atomic mass is 10.6. The summed E-state index contributed by atoms with van der Waals surface area (Å²) >= 11 is 4.90. The van der Waals surface area contributed by atoms with Crippen molar-refractivity contribution in [2.75, 3.05) is 0 Å². The molecule has 0 spiro atoms. The maximum Gasteiger partial charge on any atom is 0.304 e. The van der Waals surface area contributed by atoms with Crippen molar-refractivity contribution >= 4 is 11.6 Å². The van der Waals surface area contributed by atoms with Crippen LogP contribution in [0.5, 0.6) is 0 Å². The molecule has 48 valence electrons. The predicted molar refractivity (Wildman–Crippen MR) is 36.2 cm³/mol. The molecular formula is C6ClNO2. The lowest BCUT2D eigenvalue weighted by Crippen LogP contribution is -1.81. The smallest absolute Gasteiger partial charge is 0.249 e. The Labute approximate surface area is 62.5 Å². The molecule has 0 fully saturated rings. The van der Waals surface area contributed by atoms with E-state index in [1.807, 2.05) is 11.3 Å². The highest BCUT2D eigenvalue weighted by molar-refractivity contribution is 6.30. The molecule has 0 aromatic rings. The first-order valence-corrected chi connectivity index (χ1v) is 2.41. The summed E-state index contributed by atoms with van der Waals surface area (Å²) in [6, 6.07) is 1.59. The number of nitro groups is 1. The molecule has 0 N–H and O–H groups in total. The lowest BCUT2D eigenvalue weighted by Gasteiger charge is -1.62. The van der Waals surface area contributed by atoms with Crippen LogP contribution in [0.2, 0.25) is 0 Å². The van der Waals surface area contributed by atoms with Gasteiger partial charge in [-0.05, 0) is 11.6 Å². The Kier molecular flexibility index (Phi) is 4.61. The summed E-state index contributed by atoms with van der Waals surface area (Å²) < 4.78 is 0. The van der Waals surface area contributed by atoms with Crippen LogP contribution in [-0.2, 0) is 0 Å². The molecule has 0 aliphatic carbocycles. The van der Waals surface area contributed by atoms with Crippen LogP contribution in [0.4, 0.5) is 0 Å². The molecular weight excluding hydrogens is 154 g/mol. The third-order valence-corrected chi connectivity index (χ3v) is 0.476. The van der Waals surface area contributed by atoms with Gasteiger partial charge in [0.15, 0.2) is 0 Å². The van der Waals surface area contributed by atoms with E-state index in [1.165, 1.54) is 0 Å². The van der Waals surface area contributed by atoms with E-state index >= 15 is 0 Å². The van der Waals surface area contributed by atoms with E-state index < -0.39 is 4.92 Å². The Morgan fingerprint density at radius 2 is 1.80 bits per heavy atom. The first-order chi connectivity index (χ1) is 4.77. The highest BCUT2D eigenvalue weighted by Gasteiger charge is 1.76. The van der Waals surface area contributed by atoms with Gasteiger partial charge in [0.2, 0.25) is 0 Å². The maximum absolute atomic E-state index is 9.53. The van der Waals surface area contributed by atoms with Crippen LogP contribution in [0.25, 0.3) is 0 Å². The van der Waals surface area contributed by atoms with Crippen LogP contribution >= 0.6 is 11.6 Å². The van der Waals surface area contributed by atoms with Crippen LogP contribution < -0.4 is 0 Å². The van der Waals surface area contributed by atoms with Crippen LogP contribution in [0.15, 0.2) is 0 Å². The van der Waals surface area contributed by atoms with Crippen molar-refractivity contribution in [1.29, 1.82) is 0 Å². The van der Waals surface area contributed by atoms with E-state index in [0.29, 0.717) is 0 Å². The van der Waals surface area contributed by atoms with E-state index in [1.54, 1.807) is 6.04 Å². The summed E-state index contributed by atoms with van der Waals surface area (Å²) in [4.78, 5) is 8.75. The molecule has 4 heteroatoms. The minimum Gasteiger partial charge on any atom is -0.249 e. The van der Waals surface area contributed by atoms with Crippen molar-refractivity contribution in [3.05, 3.63) is 10.1 Å². The molecule has 0 bridgehead atoms. The molecule has 0 saturated carbocycles. The third kappa shape index (κ3) is 6.37. The third-order valence-electron chi connectivity index (χ3n) is 0.382. The van der Waals surface area contributed by atoms with Crippen molar-refractivity contribution in [3.8, 4) is 35.1 Å². The molecule has 0 atom stereocenters. The number of hydrogen-bond donors (Lipinski definition) is 0. The second-order valence-electron chi connectivity index (χ2n) is 0.963. The van der Waals surface area contributed by atoms with Gasteiger partial charge in [-0.15, -0.1) is 0 Å². The van der Waals surface area contributed by atoms with Gasteiger partial charge in [0.1, 0.15) is 4.92 Å². The Bertz CT molecular complexity index is 302. The largest absolute Gasteiger partial charge is 0.304 e. The predicted octanol–water partition coefficient (Wildman–Crippen LogP) is 0.427. The van der Waals surface area contributed by atoms with E-state index in [9.17, 15) is 10.1 Å². The van der Waals surface area contributed by atoms with E-state index in [0.717, 1.165) is 0 Å². The summed E-state index contributed by atoms with van der Waals surface area (Å²) in [6.45, 7) is 0. The van der Waals surface area contributed by atoms with Gasteiger partial charge in [-0.1, -0.05) is 0 Å². The molecule has 0 unspecified atom stereocenters. The van der Waals surface area contributed by atoms with E-state index in [4.69, 9.17) is 11.6 Å². The quantitative estimate of drug-likeness (QED) is 0.219. The molecule has 0 aliphatic heterocycles. The number of halogens is 1. The van der Waals surface area contributed by atoms with Crippen molar-refractivity contribution in [1.82, 2.24) is 0 Å². The van der Waals surface area contributed by atoms with Crippen LogP contribution in [0, 0.1) is 45.2 Å². The molecule has 0 rings (SSSR count). The molecule has 0 aromatic heterocycles. The van der Waals surface area contributed by atoms with Crippen molar-refractivity contribution < 1.29 is 4.92 Å². The zero-order valence-electron chi connectivity index (χ0n) is 4.64. The van der Waals surface area contributed by atoms with E-state index in [-0.39, 0.29) is 0 Å². The molecule has 0 radical (unpaired) electrons. The average molecular weight is 154 g/mol. The van der Waals surface area contributed by atoms with Gasteiger partial charge in [0.25, 0.3) is 0 Å². The van der Waals surface area contributed by atoms with Crippen molar-refractivity contribution in [2.24, 2.45) is 0 Å². The van der Waals surface area contributed by atoms with E-state index in [2.05, 4.69) is 17.8 Å². The molecule has 0 amide bonds. The standard InChI is InChI=1S/C6ClNO2/c7-5-3-1-2-4-6-8(9)10. The Hall–Kier alpha value is -1.63.